The average molecular weight is 364 g/mol. The molecule has 1 aliphatic carbocycles. The van der Waals surface area contributed by atoms with Gasteiger partial charge in [0.1, 0.15) is 5.76 Å². The number of nitrogens with zero attached hydrogens (tertiary/aromatic N) is 1. The highest BCUT2D eigenvalue weighted by atomic mass is 16.5. The Morgan fingerprint density at radius 2 is 2.07 bits per heavy atom. The number of aromatic nitrogens is 1. The fourth-order valence-corrected chi connectivity index (χ4v) is 3.05. The molecule has 1 atom stereocenters. The monoisotopic (exact) mass is 364 g/mol. The first-order chi connectivity index (χ1) is 13.1. The lowest BCUT2D eigenvalue weighted by Gasteiger charge is -2.12. The van der Waals surface area contributed by atoms with E-state index < -0.39 is 5.97 Å². The van der Waals surface area contributed by atoms with E-state index in [4.69, 9.17) is 9.15 Å². The smallest absolute Gasteiger partial charge is 0.339 e. The average Bonchev–Trinajstić information content (AvgIpc) is 3.38. The summed E-state index contributed by atoms with van der Waals surface area (Å²) in [6.45, 7) is 1.45. The largest absolute Gasteiger partial charge is 0.467 e. The van der Waals surface area contributed by atoms with Crippen molar-refractivity contribution >= 4 is 22.8 Å². The van der Waals surface area contributed by atoms with Crippen LogP contribution in [0.25, 0.3) is 10.9 Å². The quantitative estimate of drug-likeness (QED) is 0.674. The predicted molar refractivity (Wildman–Crippen MR) is 99.3 cm³/mol. The molecule has 0 spiro atoms. The van der Waals surface area contributed by atoms with Crippen molar-refractivity contribution in [1.82, 2.24) is 10.3 Å². The fourth-order valence-electron chi connectivity index (χ4n) is 3.05. The van der Waals surface area contributed by atoms with Gasteiger partial charge in [-0.1, -0.05) is 18.2 Å². The Hall–Kier alpha value is -3.15. The first-order valence-corrected chi connectivity index (χ1v) is 9.01. The molecule has 1 fully saturated rings. The Bertz CT molecular complexity index is 977. The standard InChI is InChI=1S/C21H20N2O4/c1-13(19-7-4-10-26-19)22-20(24)12-27-21(25)16-11-18(14-8-9-14)23-17-6-3-2-5-15(16)17/h2-7,10-11,13-14H,8-9,12H2,1H3,(H,22,24)/t13-/m0/s1. The van der Waals surface area contributed by atoms with Crippen LogP contribution in [0.2, 0.25) is 0 Å². The summed E-state index contributed by atoms with van der Waals surface area (Å²) in [5, 5.41) is 3.48. The number of carbonyl (C=O) groups excluding carboxylic acids is 2. The first-order valence-electron chi connectivity index (χ1n) is 9.01. The normalized spacial score (nSPS) is 14.7. The van der Waals surface area contributed by atoms with Gasteiger partial charge in [-0.25, -0.2) is 4.79 Å². The summed E-state index contributed by atoms with van der Waals surface area (Å²) < 4.78 is 10.5. The van der Waals surface area contributed by atoms with Crippen LogP contribution in [0.4, 0.5) is 0 Å². The van der Waals surface area contributed by atoms with Gasteiger partial charge in [0, 0.05) is 17.0 Å². The van der Waals surface area contributed by atoms with Crippen molar-refractivity contribution in [2.24, 2.45) is 0 Å². The van der Waals surface area contributed by atoms with Gasteiger partial charge in [0.2, 0.25) is 0 Å². The van der Waals surface area contributed by atoms with E-state index in [0.717, 1.165) is 29.4 Å². The van der Waals surface area contributed by atoms with Crippen LogP contribution >= 0.6 is 0 Å². The molecule has 0 bridgehead atoms. The van der Waals surface area contributed by atoms with Crippen LogP contribution < -0.4 is 5.32 Å². The predicted octanol–water partition coefficient (Wildman–Crippen LogP) is 3.74. The number of esters is 1. The third-order valence-electron chi connectivity index (χ3n) is 4.63. The van der Waals surface area contributed by atoms with Crippen LogP contribution in [0.1, 0.15) is 53.5 Å². The number of hydrogen-bond acceptors (Lipinski definition) is 5. The Morgan fingerprint density at radius 1 is 1.26 bits per heavy atom. The van der Waals surface area contributed by atoms with E-state index in [9.17, 15) is 9.59 Å². The Morgan fingerprint density at radius 3 is 2.81 bits per heavy atom. The number of hydrogen-bond donors (Lipinski definition) is 1. The SMILES string of the molecule is C[C@H](NC(=O)COC(=O)c1cc(C2CC2)nc2ccccc12)c1ccco1. The molecular weight excluding hydrogens is 344 g/mol. The molecule has 2 heterocycles. The molecule has 1 N–H and O–H groups in total. The topological polar surface area (TPSA) is 81.4 Å². The molecular formula is C21H20N2O4. The molecule has 0 aliphatic heterocycles. The van der Waals surface area contributed by atoms with Crippen molar-refractivity contribution in [3.63, 3.8) is 0 Å². The number of furan rings is 1. The highest BCUT2D eigenvalue weighted by Crippen LogP contribution is 2.40. The lowest BCUT2D eigenvalue weighted by atomic mass is 10.1. The van der Waals surface area contributed by atoms with E-state index in [0.29, 0.717) is 17.2 Å². The van der Waals surface area contributed by atoms with Crippen molar-refractivity contribution in [3.8, 4) is 0 Å². The minimum Gasteiger partial charge on any atom is -0.467 e. The summed E-state index contributed by atoms with van der Waals surface area (Å²) in [7, 11) is 0. The van der Waals surface area contributed by atoms with E-state index in [1.54, 1.807) is 31.4 Å². The molecule has 1 saturated carbocycles. The maximum atomic E-state index is 12.6. The van der Waals surface area contributed by atoms with E-state index in [1.165, 1.54) is 0 Å². The van der Waals surface area contributed by atoms with Crippen molar-refractivity contribution in [2.75, 3.05) is 6.61 Å². The highest BCUT2D eigenvalue weighted by Gasteiger charge is 2.27. The number of amides is 1. The number of carbonyl (C=O) groups is 2. The Balaban J connectivity index is 1.46. The van der Waals surface area contributed by atoms with Crippen molar-refractivity contribution < 1.29 is 18.7 Å². The molecule has 1 amide bonds. The number of benzene rings is 1. The molecule has 0 saturated heterocycles. The highest BCUT2D eigenvalue weighted by molar-refractivity contribution is 6.04. The van der Waals surface area contributed by atoms with E-state index in [-0.39, 0.29) is 18.6 Å². The van der Waals surface area contributed by atoms with Gasteiger partial charge in [-0.15, -0.1) is 0 Å². The van der Waals surface area contributed by atoms with Crippen LogP contribution in [0, 0.1) is 0 Å². The van der Waals surface area contributed by atoms with E-state index in [1.807, 2.05) is 24.3 Å². The summed E-state index contributed by atoms with van der Waals surface area (Å²) in [4.78, 5) is 29.4. The van der Waals surface area contributed by atoms with Crippen molar-refractivity contribution in [2.45, 2.75) is 31.7 Å². The summed E-state index contributed by atoms with van der Waals surface area (Å²) >= 11 is 0. The third kappa shape index (κ3) is 3.84. The first kappa shape index (κ1) is 17.3. The summed E-state index contributed by atoms with van der Waals surface area (Å²) in [5.74, 6) is 0.159. The second-order valence-corrected chi connectivity index (χ2v) is 6.77. The zero-order valence-electron chi connectivity index (χ0n) is 15.0. The lowest BCUT2D eigenvalue weighted by molar-refractivity contribution is -0.125. The number of para-hydroxylation sites is 1. The van der Waals surface area contributed by atoms with Crippen LogP contribution in [0.15, 0.2) is 53.1 Å². The second-order valence-electron chi connectivity index (χ2n) is 6.77. The molecule has 3 aromatic rings. The molecule has 0 unspecified atom stereocenters. The fraction of sp³-hybridized carbons (Fsp3) is 0.286. The number of ether oxygens (including phenoxy) is 1. The maximum absolute atomic E-state index is 12.6. The van der Waals surface area contributed by atoms with Gasteiger partial charge in [0.25, 0.3) is 5.91 Å². The Labute approximate surface area is 156 Å². The lowest BCUT2D eigenvalue weighted by Crippen LogP contribution is -2.31. The zero-order chi connectivity index (χ0) is 18.8. The van der Waals surface area contributed by atoms with Crippen molar-refractivity contribution in [1.29, 1.82) is 0 Å². The van der Waals surface area contributed by atoms with Crippen LogP contribution in [-0.2, 0) is 9.53 Å². The maximum Gasteiger partial charge on any atom is 0.339 e. The summed E-state index contributed by atoms with van der Waals surface area (Å²) in [5.41, 5.74) is 2.13. The number of pyridine rings is 1. The number of nitrogens with one attached hydrogen (secondary N) is 1. The molecule has 1 aromatic carbocycles. The minimum absolute atomic E-state index is 0.297. The summed E-state index contributed by atoms with van der Waals surface area (Å²) in [6, 6.07) is 12.5. The Kier molecular flexibility index (Phi) is 4.62. The van der Waals surface area contributed by atoms with Gasteiger partial charge in [0.05, 0.1) is 23.4 Å². The van der Waals surface area contributed by atoms with Crippen LogP contribution in [0.3, 0.4) is 0 Å². The molecule has 0 radical (unpaired) electrons. The van der Waals surface area contributed by atoms with Gasteiger partial charge in [-0.05, 0) is 44.0 Å². The minimum atomic E-state index is -0.517. The second kappa shape index (κ2) is 7.23. The molecule has 138 valence electrons. The molecule has 1 aliphatic rings. The number of rotatable bonds is 6. The third-order valence-corrected chi connectivity index (χ3v) is 4.63. The molecule has 27 heavy (non-hydrogen) atoms. The van der Waals surface area contributed by atoms with Crippen molar-refractivity contribution in [3.05, 3.63) is 65.7 Å². The van der Waals surface area contributed by atoms with E-state index in [2.05, 4.69) is 10.3 Å². The van der Waals surface area contributed by atoms with Gasteiger partial charge in [-0.2, -0.15) is 0 Å². The number of fused-ring (bicyclic) bond motifs is 1. The van der Waals surface area contributed by atoms with Gasteiger partial charge in [0.15, 0.2) is 6.61 Å². The van der Waals surface area contributed by atoms with Gasteiger partial charge in [-0.3, -0.25) is 9.78 Å². The molecule has 6 nitrogen and oxygen atoms in total. The zero-order valence-corrected chi connectivity index (χ0v) is 15.0. The van der Waals surface area contributed by atoms with Crippen LogP contribution in [-0.4, -0.2) is 23.5 Å². The molecule has 6 heteroatoms. The van der Waals surface area contributed by atoms with Gasteiger partial charge >= 0.3 is 5.97 Å². The van der Waals surface area contributed by atoms with Gasteiger partial charge < -0.3 is 14.5 Å². The van der Waals surface area contributed by atoms with Crippen LogP contribution in [0.5, 0.6) is 0 Å². The molecule has 4 rings (SSSR count). The summed E-state index contributed by atoms with van der Waals surface area (Å²) in [6.07, 6.45) is 3.73. The van der Waals surface area contributed by atoms with E-state index >= 15 is 0 Å². The molecule has 2 aromatic heterocycles.